The number of carbonyl (C=O) groups excluding carboxylic acids is 2. The molecule has 25 heavy (non-hydrogen) atoms. The third kappa shape index (κ3) is 2.46. The van der Waals surface area contributed by atoms with Crippen molar-refractivity contribution in [2.75, 3.05) is 0 Å². The van der Waals surface area contributed by atoms with Crippen molar-refractivity contribution in [3.05, 3.63) is 11.1 Å². The van der Waals surface area contributed by atoms with E-state index in [1.807, 2.05) is 20.8 Å². The summed E-state index contributed by atoms with van der Waals surface area (Å²) in [5.74, 6) is -0.174. The van der Waals surface area contributed by atoms with E-state index in [4.69, 9.17) is 9.47 Å². The fourth-order valence-corrected chi connectivity index (χ4v) is 5.82. The van der Waals surface area contributed by atoms with Crippen LogP contribution >= 0.6 is 0 Å². The van der Waals surface area contributed by atoms with E-state index in [1.54, 1.807) is 0 Å². The molecule has 5 nitrogen and oxygen atoms in total. The Hall–Kier alpha value is -1.36. The molecule has 1 N–H and O–H groups in total. The second kappa shape index (κ2) is 5.57. The van der Waals surface area contributed by atoms with Gasteiger partial charge in [-0.15, -0.1) is 0 Å². The first-order valence-electron chi connectivity index (χ1n) is 9.50. The summed E-state index contributed by atoms with van der Waals surface area (Å²) in [5.41, 5.74) is 1.93. The molecule has 5 rings (SSSR count). The number of aliphatic hydroxyl groups is 1. The third-order valence-corrected chi connectivity index (χ3v) is 6.94. The van der Waals surface area contributed by atoms with Crippen molar-refractivity contribution in [3.63, 3.8) is 0 Å². The number of fused-ring (bicyclic) bond motifs is 1. The van der Waals surface area contributed by atoms with E-state index in [0.717, 1.165) is 24.0 Å². The molecule has 0 spiro atoms. The second-order valence-electron chi connectivity index (χ2n) is 9.17. The molecule has 5 heteroatoms. The van der Waals surface area contributed by atoms with Crippen LogP contribution in [0.5, 0.6) is 0 Å². The van der Waals surface area contributed by atoms with Gasteiger partial charge in [-0.05, 0) is 54.6 Å². The molecule has 3 saturated carbocycles. The molecule has 0 radical (unpaired) electrons. The zero-order valence-corrected chi connectivity index (χ0v) is 15.5. The first-order valence-corrected chi connectivity index (χ1v) is 9.50. The SMILES string of the molecule is CC1=C2[C@@H](C[C@H]1O)[C@]1(C)C[C@@H](OC(=O)CC(C)C)[C@H]3[C@@H](C1)C(=O)O[C@@H]23. The summed E-state index contributed by atoms with van der Waals surface area (Å²) >= 11 is 0. The van der Waals surface area contributed by atoms with E-state index in [-0.39, 0.29) is 53.2 Å². The van der Waals surface area contributed by atoms with E-state index in [0.29, 0.717) is 12.8 Å². The molecule has 0 amide bonds. The van der Waals surface area contributed by atoms with Gasteiger partial charge >= 0.3 is 11.9 Å². The first-order chi connectivity index (χ1) is 11.7. The maximum atomic E-state index is 12.5. The molecule has 5 aliphatic rings. The third-order valence-electron chi connectivity index (χ3n) is 6.94. The van der Waals surface area contributed by atoms with Crippen LogP contribution in [0.15, 0.2) is 11.1 Å². The predicted octanol–water partition coefficient (Wildman–Crippen LogP) is 2.61. The predicted molar refractivity (Wildman–Crippen MR) is 90.3 cm³/mol. The van der Waals surface area contributed by atoms with Gasteiger partial charge in [0.1, 0.15) is 12.2 Å². The van der Waals surface area contributed by atoms with Crippen LogP contribution in [0.1, 0.15) is 53.4 Å². The molecule has 0 aromatic rings. The minimum Gasteiger partial charge on any atom is -0.462 e. The van der Waals surface area contributed by atoms with Crippen LogP contribution < -0.4 is 0 Å². The molecule has 0 unspecified atom stereocenters. The standard InChI is InChI=1S/C20H28O5/c1-9(2)5-15(22)24-14-8-20(4)7-11-17(14)18(25-19(11)23)16-10(3)13(21)6-12(16)20/h9,11-14,17-18,21H,5-8H2,1-4H3/t11-,12-,13-,14-,17-,18+,20+/m1/s1. The van der Waals surface area contributed by atoms with Gasteiger partial charge in [0.05, 0.1) is 17.9 Å². The highest BCUT2D eigenvalue weighted by molar-refractivity contribution is 5.77. The highest BCUT2D eigenvalue weighted by atomic mass is 16.6. The minimum absolute atomic E-state index is 0.100. The molecule has 1 heterocycles. The van der Waals surface area contributed by atoms with Gasteiger partial charge in [-0.2, -0.15) is 0 Å². The Morgan fingerprint density at radius 3 is 2.80 bits per heavy atom. The molecule has 138 valence electrons. The van der Waals surface area contributed by atoms with E-state index in [9.17, 15) is 14.7 Å². The fourth-order valence-electron chi connectivity index (χ4n) is 5.82. The van der Waals surface area contributed by atoms with E-state index < -0.39 is 6.10 Å². The Balaban J connectivity index is 1.72. The number of aliphatic hydroxyl groups excluding tert-OH is 1. The van der Waals surface area contributed by atoms with Gasteiger partial charge < -0.3 is 14.6 Å². The van der Waals surface area contributed by atoms with Crippen molar-refractivity contribution < 1.29 is 24.2 Å². The average molecular weight is 348 g/mol. The van der Waals surface area contributed by atoms with Gasteiger partial charge in [0.2, 0.25) is 0 Å². The fraction of sp³-hybridized carbons (Fsp3) is 0.800. The van der Waals surface area contributed by atoms with Crippen molar-refractivity contribution in [3.8, 4) is 0 Å². The number of esters is 2. The lowest BCUT2D eigenvalue weighted by Gasteiger charge is -2.43. The van der Waals surface area contributed by atoms with Gasteiger partial charge in [-0.1, -0.05) is 20.8 Å². The van der Waals surface area contributed by atoms with Gasteiger partial charge in [0.15, 0.2) is 0 Å². The Morgan fingerprint density at radius 2 is 2.12 bits per heavy atom. The summed E-state index contributed by atoms with van der Waals surface area (Å²) < 4.78 is 11.6. The van der Waals surface area contributed by atoms with E-state index in [2.05, 4.69) is 6.92 Å². The lowest BCUT2D eigenvalue weighted by molar-refractivity contribution is -0.160. The summed E-state index contributed by atoms with van der Waals surface area (Å²) in [6.07, 6.45) is 1.55. The second-order valence-corrected chi connectivity index (χ2v) is 9.17. The van der Waals surface area contributed by atoms with Crippen LogP contribution in [-0.4, -0.2) is 35.4 Å². The maximum absolute atomic E-state index is 12.5. The molecule has 1 saturated heterocycles. The molecular weight excluding hydrogens is 320 g/mol. The van der Waals surface area contributed by atoms with Gasteiger partial charge in [-0.3, -0.25) is 9.59 Å². The van der Waals surface area contributed by atoms with Crippen molar-refractivity contribution >= 4 is 11.9 Å². The molecular formula is C20H28O5. The summed E-state index contributed by atoms with van der Waals surface area (Å²) in [4.78, 5) is 24.8. The lowest BCUT2D eigenvalue weighted by atomic mass is 9.62. The Bertz CT molecular complexity index is 650. The minimum atomic E-state index is -0.448. The van der Waals surface area contributed by atoms with Crippen LogP contribution in [-0.2, 0) is 19.1 Å². The number of hydrogen-bond donors (Lipinski definition) is 1. The quantitative estimate of drug-likeness (QED) is 0.627. The van der Waals surface area contributed by atoms with Gasteiger partial charge in [0.25, 0.3) is 0 Å². The van der Waals surface area contributed by atoms with Gasteiger partial charge in [0, 0.05) is 6.42 Å². The summed E-state index contributed by atoms with van der Waals surface area (Å²) in [7, 11) is 0. The topological polar surface area (TPSA) is 72.8 Å². The average Bonchev–Trinajstić information content (AvgIpc) is 2.91. The summed E-state index contributed by atoms with van der Waals surface area (Å²) in [6.45, 7) is 8.14. The molecule has 0 aromatic carbocycles. The van der Waals surface area contributed by atoms with Crippen LogP contribution in [0.4, 0.5) is 0 Å². The Labute approximate surface area is 148 Å². The number of rotatable bonds is 3. The van der Waals surface area contributed by atoms with Gasteiger partial charge in [-0.25, -0.2) is 0 Å². The van der Waals surface area contributed by atoms with E-state index >= 15 is 0 Å². The maximum Gasteiger partial charge on any atom is 0.310 e. The molecule has 4 aliphatic carbocycles. The lowest BCUT2D eigenvalue weighted by Crippen LogP contribution is -2.45. The molecule has 1 aliphatic heterocycles. The Kier molecular flexibility index (Phi) is 3.80. The first kappa shape index (κ1) is 17.1. The van der Waals surface area contributed by atoms with Crippen molar-refractivity contribution in [2.24, 2.45) is 29.1 Å². The summed E-state index contributed by atoms with van der Waals surface area (Å²) in [6, 6.07) is 0. The number of ether oxygens (including phenoxy) is 2. The van der Waals surface area contributed by atoms with E-state index in [1.165, 1.54) is 0 Å². The van der Waals surface area contributed by atoms with Crippen molar-refractivity contribution in [1.29, 1.82) is 0 Å². The molecule has 4 fully saturated rings. The van der Waals surface area contributed by atoms with Crippen molar-refractivity contribution in [2.45, 2.75) is 71.7 Å². The highest BCUT2D eigenvalue weighted by Crippen LogP contribution is 2.63. The molecule has 0 aromatic heterocycles. The van der Waals surface area contributed by atoms with Crippen molar-refractivity contribution in [1.82, 2.24) is 0 Å². The number of carbonyl (C=O) groups is 2. The smallest absolute Gasteiger partial charge is 0.310 e. The molecule has 4 bridgehead atoms. The Morgan fingerprint density at radius 1 is 1.40 bits per heavy atom. The van der Waals surface area contributed by atoms with Crippen LogP contribution in [0.25, 0.3) is 0 Å². The monoisotopic (exact) mass is 348 g/mol. The zero-order valence-electron chi connectivity index (χ0n) is 15.5. The zero-order chi connectivity index (χ0) is 18.1. The number of hydrogen-bond acceptors (Lipinski definition) is 5. The largest absolute Gasteiger partial charge is 0.462 e. The molecule has 7 atom stereocenters. The van der Waals surface area contributed by atoms with Crippen LogP contribution in [0.2, 0.25) is 0 Å². The summed E-state index contributed by atoms with van der Waals surface area (Å²) in [5, 5.41) is 10.4. The highest BCUT2D eigenvalue weighted by Gasteiger charge is 2.65. The normalized spacial score (nSPS) is 44.8. The van der Waals surface area contributed by atoms with Crippen LogP contribution in [0, 0.1) is 29.1 Å². The van der Waals surface area contributed by atoms with Crippen LogP contribution in [0.3, 0.4) is 0 Å².